The molecule has 0 aliphatic rings. The van der Waals surface area contributed by atoms with Gasteiger partial charge in [0, 0.05) is 20.1 Å². The van der Waals surface area contributed by atoms with Crippen molar-refractivity contribution >= 4 is 6.03 Å². The molecule has 2 aromatic carbocycles. The lowest BCUT2D eigenvalue weighted by molar-refractivity contribution is 0.207. The highest BCUT2D eigenvalue weighted by Crippen LogP contribution is 2.15. The van der Waals surface area contributed by atoms with Crippen LogP contribution in [0.25, 0.3) is 0 Å². The first-order chi connectivity index (χ1) is 11.1. The molecular formula is C20H26N2O. The van der Waals surface area contributed by atoms with Crippen molar-refractivity contribution in [1.82, 2.24) is 10.2 Å². The second-order valence-electron chi connectivity index (χ2n) is 6.22. The summed E-state index contributed by atoms with van der Waals surface area (Å²) >= 11 is 0. The maximum atomic E-state index is 12.1. The van der Waals surface area contributed by atoms with E-state index in [4.69, 9.17) is 0 Å². The maximum Gasteiger partial charge on any atom is 0.317 e. The van der Waals surface area contributed by atoms with Crippen LogP contribution in [0.2, 0.25) is 0 Å². The highest BCUT2D eigenvalue weighted by Gasteiger charge is 2.08. The van der Waals surface area contributed by atoms with Crippen molar-refractivity contribution in [1.29, 1.82) is 0 Å². The Bertz CT molecular complexity index is 605. The number of nitrogens with one attached hydrogen (secondary N) is 1. The Labute approximate surface area is 139 Å². The quantitative estimate of drug-likeness (QED) is 0.852. The molecule has 0 radical (unpaired) electrons. The molecule has 0 spiro atoms. The summed E-state index contributed by atoms with van der Waals surface area (Å²) in [6.45, 7) is 5.64. The van der Waals surface area contributed by atoms with Crippen molar-refractivity contribution in [2.45, 2.75) is 32.7 Å². The number of carbonyl (C=O) groups is 1. The molecule has 0 aliphatic carbocycles. The highest BCUT2D eigenvalue weighted by molar-refractivity contribution is 5.73. The Morgan fingerprint density at radius 2 is 1.65 bits per heavy atom. The van der Waals surface area contributed by atoms with Gasteiger partial charge >= 0.3 is 6.03 Å². The van der Waals surface area contributed by atoms with Crippen LogP contribution in [-0.2, 0) is 13.0 Å². The van der Waals surface area contributed by atoms with Crippen molar-refractivity contribution in [3.8, 4) is 0 Å². The largest absolute Gasteiger partial charge is 0.338 e. The van der Waals surface area contributed by atoms with E-state index in [1.54, 1.807) is 4.90 Å². The third-order valence-electron chi connectivity index (χ3n) is 3.95. The van der Waals surface area contributed by atoms with Gasteiger partial charge in [-0.3, -0.25) is 0 Å². The Morgan fingerprint density at radius 3 is 2.26 bits per heavy atom. The number of hydrogen-bond donors (Lipinski definition) is 1. The molecule has 1 N–H and O–H groups in total. The van der Waals surface area contributed by atoms with Crippen LogP contribution in [0.4, 0.5) is 4.79 Å². The second-order valence-corrected chi connectivity index (χ2v) is 6.22. The van der Waals surface area contributed by atoms with Gasteiger partial charge in [-0.1, -0.05) is 68.4 Å². The number of nitrogens with zero attached hydrogens (tertiary/aromatic N) is 1. The lowest BCUT2D eigenvalue weighted by atomic mass is 10.0. The maximum absolute atomic E-state index is 12.1. The molecule has 122 valence electrons. The Hall–Kier alpha value is -2.29. The average Bonchev–Trinajstić information content (AvgIpc) is 2.56. The van der Waals surface area contributed by atoms with Gasteiger partial charge in [-0.2, -0.15) is 0 Å². The van der Waals surface area contributed by atoms with Crippen LogP contribution in [0.15, 0.2) is 54.6 Å². The molecule has 0 heterocycles. The number of benzene rings is 2. The van der Waals surface area contributed by atoms with Gasteiger partial charge in [-0.15, -0.1) is 0 Å². The van der Waals surface area contributed by atoms with Crippen LogP contribution in [0.1, 0.15) is 36.5 Å². The van der Waals surface area contributed by atoms with Gasteiger partial charge in [0.1, 0.15) is 0 Å². The first-order valence-corrected chi connectivity index (χ1v) is 8.18. The smallest absolute Gasteiger partial charge is 0.317 e. The van der Waals surface area contributed by atoms with Gasteiger partial charge in [0.25, 0.3) is 0 Å². The summed E-state index contributed by atoms with van der Waals surface area (Å²) in [5.74, 6) is 0.531. The van der Waals surface area contributed by atoms with E-state index < -0.39 is 0 Å². The molecule has 2 rings (SSSR count). The summed E-state index contributed by atoms with van der Waals surface area (Å²) in [5.41, 5.74) is 3.71. The molecule has 0 aliphatic heterocycles. The van der Waals surface area contributed by atoms with E-state index in [1.165, 1.54) is 11.1 Å². The number of amides is 2. The molecule has 0 saturated heterocycles. The Morgan fingerprint density at radius 1 is 1.00 bits per heavy atom. The van der Waals surface area contributed by atoms with E-state index in [-0.39, 0.29) is 6.03 Å². The fourth-order valence-electron chi connectivity index (χ4n) is 2.45. The molecule has 3 heteroatoms. The Balaban J connectivity index is 1.78. The minimum absolute atomic E-state index is 0.0335. The van der Waals surface area contributed by atoms with Crippen LogP contribution < -0.4 is 5.32 Å². The predicted octanol–water partition coefficient (Wildman–Crippen LogP) is 4.19. The third-order valence-corrected chi connectivity index (χ3v) is 3.95. The van der Waals surface area contributed by atoms with E-state index in [0.717, 1.165) is 12.0 Å². The Kier molecular flexibility index (Phi) is 6.21. The van der Waals surface area contributed by atoms with Crippen LogP contribution in [0, 0.1) is 0 Å². The highest BCUT2D eigenvalue weighted by atomic mass is 16.2. The molecule has 2 amide bonds. The molecule has 0 atom stereocenters. The standard InChI is InChI=1S/C20H26N2O/c1-16(2)19-11-9-18(10-12-19)15-22(3)20(23)21-14-13-17-7-5-4-6-8-17/h4-12,16H,13-15H2,1-3H3,(H,21,23). The van der Waals surface area contributed by atoms with Gasteiger partial charge in [0.2, 0.25) is 0 Å². The zero-order chi connectivity index (χ0) is 16.7. The topological polar surface area (TPSA) is 32.3 Å². The number of rotatable bonds is 6. The first-order valence-electron chi connectivity index (χ1n) is 8.18. The van der Waals surface area contributed by atoms with Crippen LogP contribution in [-0.4, -0.2) is 24.5 Å². The van der Waals surface area contributed by atoms with Crippen molar-refractivity contribution in [2.24, 2.45) is 0 Å². The molecule has 0 saturated carbocycles. The van der Waals surface area contributed by atoms with Crippen molar-refractivity contribution < 1.29 is 4.79 Å². The van der Waals surface area contributed by atoms with E-state index in [2.05, 4.69) is 55.6 Å². The molecule has 2 aromatic rings. The number of urea groups is 1. The average molecular weight is 310 g/mol. The summed E-state index contributed by atoms with van der Waals surface area (Å²) in [6, 6.07) is 18.6. The second kappa shape index (κ2) is 8.37. The van der Waals surface area contributed by atoms with Crippen molar-refractivity contribution in [2.75, 3.05) is 13.6 Å². The van der Waals surface area contributed by atoms with E-state index in [0.29, 0.717) is 19.0 Å². The molecule has 3 nitrogen and oxygen atoms in total. The summed E-state index contributed by atoms with van der Waals surface area (Å²) < 4.78 is 0. The molecule has 0 unspecified atom stereocenters. The van der Waals surface area contributed by atoms with Crippen molar-refractivity contribution in [3.63, 3.8) is 0 Å². The summed E-state index contributed by atoms with van der Waals surface area (Å²) in [7, 11) is 1.83. The molecule has 23 heavy (non-hydrogen) atoms. The molecule has 0 bridgehead atoms. The monoisotopic (exact) mass is 310 g/mol. The summed E-state index contributed by atoms with van der Waals surface area (Å²) in [6.07, 6.45) is 0.851. The van der Waals surface area contributed by atoms with Gasteiger partial charge in [-0.25, -0.2) is 4.79 Å². The van der Waals surface area contributed by atoms with Crippen LogP contribution >= 0.6 is 0 Å². The van der Waals surface area contributed by atoms with E-state index in [9.17, 15) is 4.79 Å². The van der Waals surface area contributed by atoms with Gasteiger partial charge in [0.15, 0.2) is 0 Å². The van der Waals surface area contributed by atoms with Gasteiger partial charge < -0.3 is 10.2 Å². The summed E-state index contributed by atoms with van der Waals surface area (Å²) in [4.78, 5) is 13.8. The lowest BCUT2D eigenvalue weighted by Gasteiger charge is -2.18. The number of carbonyl (C=O) groups excluding carboxylic acids is 1. The molecule has 0 fully saturated rings. The zero-order valence-corrected chi connectivity index (χ0v) is 14.3. The zero-order valence-electron chi connectivity index (χ0n) is 14.3. The van der Waals surface area contributed by atoms with Crippen LogP contribution in [0.3, 0.4) is 0 Å². The van der Waals surface area contributed by atoms with Gasteiger partial charge in [-0.05, 0) is 29.0 Å². The normalized spacial score (nSPS) is 10.6. The molecular weight excluding hydrogens is 284 g/mol. The van der Waals surface area contributed by atoms with Crippen molar-refractivity contribution in [3.05, 3.63) is 71.3 Å². The van der Waals surface area contributed by atoms with Crippen LogP contribution in [0.5, 0.6) is 0 Å². The van der Waals surface area contributed by atoms with E-state index in [1.807, 2.05) is 25.2 Å². The fraction of sp³-hybridized carbons (Fsp3) is 0.350. The molecule has 0 aromatic heterocycles. The van der Waals surface area contributed by atoms with E-state index >= 15 is 0 Å². The first kappa shape index (κ1) is 17.1. The SMILES string of the molecule is CC(C)c1ccc(CN(C)C(=O)NCCc2ccccc2)cc1. The minimum atomic E-state index is -0.0335. The summed E-state index contributed by atoms with van der Waals surface area (Å²) in [5, 5.41) is 2.97. The van der Waals surface area contributed by atoms with Gasteiger partial charge in [0.05, 0.1) is 0 Å². The number of hydrogen-bond acceptors (Lipinski definition) is 1. The predicted molar refractivity (Wildman–Crippen MR) is 95.5 cm³/mol. The third kappa shape index (κ3) is 5.44. The lowest BCUT2D eigenvalue weighted by Crippen LogP contribution is -2.37. The minimum Gasteiger partial charge on any atom is -0.338 e. The fourth-order valence-corrected chi connectivity index (χ4v) is 2.45.